The van der Waals surface area contributed by atoms with E-state index in [0.29, 0.717) is 19.4 Å². The fraction of sp³-hybridized carbons (Fsp3) is 0.952. The third kappa shape index (κ3) is 34.7. The molecule has 0 aliphatic carbocycles. The highest BCUT2D eigenvalue weighted by Crippen LogP contribution is 2.18. The lowest BCUT2D eigenvalue weighted by Gasteiger charge is -2.21. The number of rotatable bonds is 39. The number of aliphatic hydroxyl groups excluding tert-OH is 1. The van der Waals surface area contributed by atoms with E-state index in [4.69, 9.17) is 9.47 Å². The summed E-state index contributed by atoms with van der Waals surface area (Å²) in [6, 6.07) is 0. The second-order valence-corrected chi connectivity index (χ2v) is 14.5. The standard InChI is InChI=1S/C42H83NO5/c1-4-7-10-23-30-39-47-41(45)33-26-19-15-13-17-21-28-35-43(37-38-44)36-29-22-18-14-16-20-27-34-42(46)48-40(31-24-11-8-5-2)32-25-12-9-6-3/h40,44H,4-39H2,1-3H3. The van der Waals surface area contributed by atoms with Crippen LogP contribution in [0, 0.1) is 0 Å². The van der Waals surface area contributed by atoms with Gasteiger partial charge in [0, 0.05) is 19.4 Å². The van der Waals surface area contributed by atoms with Crippen molar-refractivity contribution in [2.24, 2.45) is 0 Å². The van der Waals surface area contributed by atoms with Crippen LogP contribution in [0.1, 0.15) is 220 Å². The minimum absolute atomic E-state index is 0.0201. The van der Waals surface area contributed by atoms with E-state index in [2.05, 4.69) is 25.7 Å². The van der Waals surface area contributed by atoms with Crippen LogP contribution in [0.15, 0.2) is 0 Å². The molecule has 0 aliphatic heterocycles. The van der Waals surface area contributed by atoms with Gasteiger partial charge >= 0.3 is 11.9 Å². The van der Waals surface area contributed by atoms with E-state index in [1.165, 1.54) is 141 Å². The third-order valence-electron chi connectivity index (χ3n) is 9.70. The van der Waals surface area contributed by atoms with Gasteiger partial charge in [-0.3, -0.25) is 9.59 Å². The second kappa shape index (κ2) is 38.7. The molecule has 0 bridgehead atoms. The van der Waals surface area contributed by atoms with Crippen molar-refractivity contribution in [1.29, 1.82) is 0 Å². The van der Waals surface area contributed by atoms with E-state index >= 15 is 0 Å². The van der Waals surface area contributed by atoms with Gasteiger partial charge in [0.25, 0.3) is 0 Å². The molecule has 0 amide bonds. The zero-order valence-corrected chi connectivity index (χ0v) is 32.6. The van der Waals surface area contributed by atoms with Crippen LogP contribution in [0.2, 0.25) is 0 Å². The van der Waals surface area contributed by atoms with Crippen LogP contribution in [-0.2, 0) is 19.1 Å². The normalized spacial score (nSPS) is 11.5. The molecule has 0 aromatic heterocycles. The monoisotopic (exact) mass is 682 g/mol. The van der Waals surface area contributed by atoms with Crippen molar-refractivity contribution < 1.29 is 24.2 Å². The average Bonchev–Trinajstić information content (AvgIpc) is 3.08. The molecule has 0 rings (SSSR count). The Morgan fingerprint density at radius 2 is 0.875 bits per heavy atom. The van der Waals surface area contributed by atoms with E-state index < -0.39 is 0 Å². The van der Waals surface area contributed by atoms with Crippen molar-refractivity contribution in [1.82, 2.24) is 4.90 Å². The Hall–Kier alpha value is -1.14. The summed E-state index contributed by atoms with van der Waals surface area (Å²) < 4.78 is 11.3. The lowest BCUT2D eigenvalue weighted by atomic mass is 10.0. The van der Waals surface area contributed by atoms with Gasteiger partial charge in [-0.2, -0.15) is 0 Å². The third-order valence-corrected chi connectivity index (χ3v) is 9.70. The first-order chi connectivity index (χ1) is 23.6. The largest absolute Gasteiger partial charge is 0.466 e. The molecule has 0 saturated heterocycles. The van der Waals surface area contributed by atoms with Crippen molar-refractivity contribution >= 4 is 11.9 Å². The first kappa shape index (κ1) is 46.9. The lowest BCUT2D eigenvalue weighted by Crippen LogP contribution is -2.29. The molecule has 286 valence electrons. The van der Waals surface area contributed by atoms with E-state index in [9.17, 15) is 14.7 Å². The molecule has 48 heavy (non-hydrogen) atoms. The van der Waals surface area contributed by atoms with Crippen molar-refractivity contribution in [2.75, 3.05) is 32.8 Å². The molecule has 0 spiro atoms. The lowest BCUT2D eigenvalue weighted by molar-refractivity contribution is -0.150. The molecule has 0 radical (unpaired) electrons. The number of hydrogen-bond acceptors (Lipinski definition) is 6. The summed E-state index contributed by atoms with van der Waals surface area (Å²) >= 11 is 0. The fourth-order valence-electron chi connectivity index (χ4n) is 6.52. The summed E-state index contributed by atoms with van der Waals surface area (Å²) in [5, 5.41) is 9.51. The maximum Gasteiger partial charge on any atom is 0.306 e. The van der Waals surface area contributed by atoms with E-state index in [0.717, 1.165) is 64.6 Å². The molecule has 1 N–H and O–H groups in total. The number of esters is 2. The molecular weight excluding hydrogens is 598 g/mol. The zero-order valence-electron chi connectivity index (χ0n) is 32.6. The van der Waals surface area contributed by atoms with Crippen LogP contribution >= 0.6 is 0 Å². The van der Waals surface area contributed by atoms with Crippen LogP contribution in [0.3, 0.4) is 0 Å². The zero-order chi connectivity index (χ0) is 35.2. The Morgan fingerprint density at radius 3 is 1.35 bits per heavy atom. The van der Waals surface area contributed by atoms with Crippen molar-refractivity contribution in [3.63, 3.8) is 0 Å². The fourth-order valence-corrected chi connectivity index (χ4v) is 6.52. The Labute approximate surface area is 299 Å². The van der Waals surface area contributed by atoms with Crippen LogP contribution in [0.5, 0.6) is 0 Å². The maximum atomic E-state index is 12.5. The summed E-state index contributed by atoms with van der Waals surface area (Å²) in [6.07, 6.45) is 35.6. The first-order valence-corrected chi connectivity index (χ1v) is 21.3. The number of ether oxygens (including phenoxy) is 2. The van der Waals surface area contributed by atoms with Crippen molar-refractivity contribution in [2.45, 2.75) is 226 Å². The van der Waals surface area contributed by atoms with Gasteiger partial charge in [0.2, 0.25) is 0 Å². The quantitative estimate of drug-likeness (QED) is 0.0514. The van der Waals surface area contributed by atoms with E-state index in [1.807, 2.05) is 0 Å². The van der Waals surface area contributed by atoms with Gasteiger partial charge in [-0.05, 0) is 70.9 Å². The van der Waals surface area contributed by atoms with Crippen molar-refractivity contribution in [3.8, 4) is 0 Å². The Morgan fingerprint density at radius 1 is 0.479 bits per heavy atom. The molecule has 0 aromatic rings. The predicted octanol–water partition coefficient (Wildman–Crippen LogP) is 11.9. The number of carbonyl (C=O) groups excluding carboxylic acids is 2. The highest BCUT2D eigenvalue weighted by molar-refractivity contribution is 5.69. The van der Waals surface area contributed by atoms with Crippen LogP contribution in [0.25, 0.3) is 0 Å². The van der Waals surface area contributed by atoms with Gasteiger partial charge in [-0.15, -0.1) is 0 Å². The molecule has 6 nitrogen and oxygen atoms in total. The molecule has 0 aliphatic rings. The van der Waals surface area contributed by atoms with E-state index in [1.54, 1.807) is 0 Å². The van der Waals surface area contributed by atoms with Gasteiger partial charge in [0.1, 0.15) is 6.10 Å². The summed E-state index contributed by atoms with van der Waals surface area (Å²) in [6.45, 7) is 10.5. The number of hydrogen-bond donors (Lipinski definition) is 1. The molecule has 0 heterocycles. The molecule has 0 atom stereocenters. The number of aliphatic hydroxyl groups is 1. The maximum absolute atomic E-state index is 12.5. The minimum atomic E-state index is -0.0201. The smallest absolute Gasteiger partial charge is 0.306 e. The Kier molecular flexibility index (Phi) is 37.7. The number of nitrogens with zero attached hydrogens (tertiary/aromatic N) is 1. The van der Waals surface area contributed by atoms with Gasteiger partial charge in [0.05, 0.1) is 13.2 Å². The van der Waals surface area contributed by atoms with Crippen molar-refractivity contribution in [3.05, 3.63) is 0 Å². The van der Waals surface area contributed by atoms with Gasteiger partial charge < -0.3 is 19.5 Å². The van der Waals surface area contributed by atoms with Crippen LogP contribution in [0.4, 0.5) is 0 Å². The second-order valence-electron chi connectivity index (χ2n) is 14.5. The summed E-state index contributed by atoms with van der Waals surface area (Å²) in [5.41, 5.74) is 0. The SMILES string of the molecule is CCCCCCCOC(=O)CCCCCCCCCN(CCO)CCCCCCCCCC(=O)OC(CCCCCC)CCCCCC. The molecule has 0 fully saturated rings. The molecule has 0 aromatic carbocycles. The van der Waals surface area contributed by atoms with Gasteiger partial charge in [-0.25, -0.2) is 0 Å². The molecule has 0 unspecified atom stereocenters. The predicted molar refractivity (Wildman–Crippen MR) is 205 cm³/mol. The van der Waals surface area contributed by atoms with Crippen LogP contribution < -0.4 is 0 Å². The van der Waals surface area contributed by atoms with Gasteiger partial charge in [-0.1, -0.05) is 149 Å². The molecule has 0 saturated carbocycles. The highest BCUT2D eigenvalue weighted by atomic mass is 16.5. The minimum Gasteiger partial charge on any atom is -0.466 e. The average molecular weight is 682 g/mol. The summed E-state index contributed by atoms with van der Waals surface area (Å²) in [4.78, 5) is 26.8. The van der Waals surface area contributed by atoms with Gasteiger partial charge in [0.15, 0.2) is 0 Å². The highest BCUT2D eigenvalue weighted by Gasteiger charge is 2.14. The van der Waals surface area contributed by atoms with E-state index in [-0.39, 0.29) is 24.6 Å². The summed E-state index contributed by atoms with van der Waals surface area (Å²) in [7, 11) is 0. The van der Waals surface area contributed by atoms with Crippen LogP contribution in [-0.4, -0.2) is 60.9 Å². The molecule has 6 heteroatoms. The first-order valence-electron chi connectivity index (χ1n) is 21.3. The topological polar surface area (TPSA) is 76.1 Å². The number of carbonyl (C=O) groups is 2. The Balaban J connectivity index is 3.76. The molecular formula is C42H83NO5. The number of unbranched alkanes of at least 4 members (excludes halogenated alkanes) is 22. The summed E-state index contributed by atoms with van der Waals surface area (Å²) in [5.74, 6) is 0.000765. The Bertz CT molecular complexity index is 660.